The molecule has 2 rings (SSSR count). The first-order chi connectivity index (χ1) is 10.5. The zero-order chi connectivity index (χ0) is 16.1. The summed E-state index contributed by atoms with van der Waals surface area (Å²) in [5.41, 5.74) is 8.70. The second kappa shape index (κ2) is 6.71. The lowest BCUT2D eigenvalue weighted by Gasteiger charge is -2.10. The first kappa shape index (κ1) is 15.5. The van der Waals surface area contributed by atoms with E-state index >= 15 is 0 Å². The number of amides is 1. The number of primary amides is 1. The van der Waals surface area contributed by atoms with E-state index in [1.54, 1.807) is 24.3 Å². The first-order valence-corrected chi connectivity index (χ1v) is 6.85. The van der Waals surface area contributed by atoms with E-state index in [-0.39, 0.29) is 5.69 Å². The van der Waals surface area contributed by atoms with Gasteiger partial charge in [0.25, 0.3) is 5.69 Å². The van der Waals surface area contributed by atoms with E-state index < -0.39 is 10.8 Å². The van der Waals surface area contributed by atoms with Crippen molar-refractivity contribution in [1.82, 2.24) is 0 Å². The highest BCUT2D eigenvalue weighted by Gasteiger charge is 2.06. The molecule has 6 nitrogen and oxygen atoms in total. The van der Waals surface area contributed by atoms with Crippen LogP contribution in [0.15, 0.2) is 42.5 Å². The van der Waals surface area contributed by atoms with Crippen molar-refractivity contribution < 1.29 is 9.72 Å². The fourth-order valence-corrected chi connectivity index (χ4v) is 2.09. The van der Waals surface area contributed by atoms with E-state index in [1.807, 2.05) is 13.0 Å². The Hall–Kier alpha value is -2.89. The summed E-state index contributed by atoms with van der Waals surface area (Å²) in [5, 5.41) is 13.8. The highest BCUT2D eigenvalue weighted by molar-refractivity contribution is 5.94. The number of anilines is 1. The van der Waals surface area contributed by atoms with Crippen LogP contribution < -0.4 is 11.1 Å². The van der Waals surface area contributed by atoms with Crippen LogP contribution in [0.4, 0.5) is 11.4 Å². The fourth-order valence-electron chi connectivity index (χ4n) is 2.09. The average molecular weight is 299 g/mol. The Kier molecular flexibility index (Phi) is 4.73. The molecule has 6 heteroatoms. The van der Waals surface area contributed by atoms with Crippen LogP contribution in [0, 0.1) is 17.0 Å². The summed E-state index contributed by atoms with van der Waals surface area (Å²) in [6, 6.07) is 11.7. The molecule has 2 aromatic carbocycles. The molecule has 0 aliphatic heterocycles. The zero-order valence-corrected chi connectivity index (χ0v) is 12.2. The molecule has 114 valence electrons. The van der Waals surface area contributed by atoms with Crippen LogP contribution in [-0.4, -0.2) is 17.4 Å². The van der Waals surface area contributed by atoms with E-state index in [2.05, 4.69) is 5.32 Å². The smallest absolute Gasteiger partial charge is 0.269 e. The number of hydrogen-bond donors (Lipinski definition) is 2. The molecule has 0 atom stereocenters. The Balaban J connectivity index is 1.97. The SMILES string of the molecule is Cc1ccc(C(N)=O)cc1NCCc1ccc([N+](=O)[O-])cc1. The summed E-state index contributed by atoms with van der Waals surface area (Å²) in [6.07, 6.45) is 0.720. The summed E-state index contributed by atoms with van der Waals surface area (Å²) in [7, 11) is 0. The third kappa shape index (κ3) is 3.82. The summed E-state index contributed by atoms with van der Waals surface area (Å²) in [5.74, 6) is -0.460. The second-order valence-electron chi connectivity index (χ2n) is 4.99. The summed E-state index contributed by atoms with van der Waals surface area (Å²) >= 11 is 0. The van der Waals surface area contributed by atoms with Crippen molar-refractivity contribution >= 4 is 17.3 Å². The number of hydrogen-bond acceptors (Lipinski definition) is 4. The molecule has 1 amide bonds. The lowest BCUT2D eigenvalue weighted by molar-refractivity contribution is -0.384. The second-order valence-corrected chi connectivity index (χ2v) is 4.99. The molecule has 0 aliphatic rings. The number of carbonyl (C=O) groups excluding carboxylic acids is 1. The van der Waals surface area contributed by atoms with Crippen LogP contribution in [0.3, 0.4) is 0 Å². The quantitative estimate of drug-likeness (QED) is 0.632. The summed E-state index contributed by atoms with van der Waals surface area (Å²) in [6.45, 7) is 2.60. The Morgan fingerprint density at radius 1 is 1.23 bits per heavy atom. The summed E-state index contributed by atoms with van der Waals surface area (Å²) < 4.78 is 0. The number of rotatable bonds is 6. The van der Waals surface area contributed by atoms with Crippen LogP contribution in [-0.2, 0) is 6.42 Å². The molecule has 0 saturated heterocycles. The molecule has 22 heavy (non-hydrogen) atoms. The maximum Gasteiger partial charge on any atom is 0.269 e. The zero-order valence-electron chi connectivity index (χ0n) is 12.2. The van der Waals surface area contributed by atoms with E-state index in [9.17, 15) is 14.9 Å². The molecular weight excluding hydrogens is 282 g/mol. The third-order valence-electron chi connectivity index (χ3n) is 3.40. The number of aryl methyl sites for hydroxylation is 1. The van der Waals surface area contributed by atoms with Crippen molar-refractivity contribution in [3.63, 3.8) is 0 Å². The van der Waals surface area contributed by atoms with Crippen molar-refractivity contribution in [2.75, 3.05) is 11.9 Å². The predicted octanol–water partition coefficient (Wildman–Crippen LogP) is 2.66. The number of carbonyl (C=O) groups is 1. The number of non-ortho nitro benzene ring substituents is 1. The number of nitrogens with two attached hydrogens (primary N) is 1. The van der Waals surface area contributed by atoms with Gasteiger partial charge < -0.3 is 11.1 Å². The van der Waals surface area contributed by atoms with E-state index in [4.69, 9.17) is 5.73 Å². The fraction of sp³-hybridized carbons (Fsp3) is 0.188. The van der Waals surface area contributed by atoms with Crippen molar-refractivity contribution in [2.45, 2.75) is 13.3 Å². The molecule has 3 N–H and O–H groups in total. The van der Waals surface area contributed by atoms with Crippen LogP contribution in [0.5, 0.6) is 0 Å². The molecule has 2 aromatic rings. The molecule has 0 radical (unpaired) electrons. The molecule has 0 saturated carbocycles. The normalized spacial score (nSPS) is 10.2. The number of nitro benzene ring substituents is 1. The van der Waals surface area contributed by atoms with Gasteiger partial charge in [-0.3, -0.25) is 14.9 Å². The molecule has 0 aromatic heterocycles. The molecule has 0 unspecified atom stereocenters. The topological polar surface area (TPSA) is 98.3 Å². The van der Waals surface area contributed by atoms with Crippen molar-refractivity contribution in [2.24, 2.45) is 5.73 Å². The maximum absolute atomic E-state index is 11.2. The number of nitro groups is 1. The van der Waals surface area contributed by atoms with Gasteiger partial charge in [-0.15, -0.1) is 0 Å². The number of benzene rings is 2. The lowest BCUT2D eigenvalue weighted by Crippen LogP contribution is -2.12. The van der Waals surface area contributed by atoms with Gasteiger partial charge in [-0.25, -0.2) is 0 Å². The van der Waals surface area contributed by atoms with Crippen molar-refractivity contribution in [3.05, 3.63) is 69.3 Å². The van der Waals surface area contributed by atoms with Gasteiger partial charge in [-0.1, -0.05) is 18.2 Å². The Morgan fingerprint density at radius 3 is 2.50 bits per heavy atom. The highest BCUT2D eigenvalue weighted by atomic mass is 16.6. The molecular formula is C16H17N3O3. The van der Waals surface area contributed by atoms with Gasteiger partial charge in [0.2, 0.25) is 5.91 Å². The van der Waals surface area contributed by atoms with Crippen molar-refractivity contribution in [3.8, 4) is 0 Å². The molecule has 0 aliphatic carbocycles. The Bertz CT molecular complexity index is 696. The number of nitrogens with zero attached hydrogens (tertiary/aromatic N) is 1. The maximum atomic E-state index is 11.2. The third-order valence-corrected chi connectivity index (χ3v) is 3.40. The minimum atomic E-state index is -0.460. The van der Waals surface area contributed by atoms with Gasteiger partial charge in [0.1, 0.15) is 0 Å². The van der Waals surface area contributed by atoms with Gasteiger partial charge in [-0.05, 0) is 36.6 Å². The Morgan fingerprint density at radius 2 is 1.91 bits per heavy atom. The molecule has 0 fully saturated rings. The van der Waals surface area contributed by atoms with Gasteiger partial charge in [-0.2, -0.15) is 0 Å². The predicted molar refractivity (Wildman–Crippen MR) is 85.0 cm³/mol. The molecule has 0 bridgehead atoms. The molecule has 0 spiro atoms. The van der Waals surface area contributed by atoms with Crippen LogP contribution in [0.2, 0.25) is 0 Å². The van der Waals surface area contributed by atoms with Crippen LogP contribution in [0.25, 0.3) is 0 Å². The lowest BCUT2D eigenvalue weighted by atomic mass is 10.1. The number of nitrogens with one attached hydrogen (secondary N) is 1. The first-order valence-electron chi connectivity index (χ1n) is 6.85. The van der Waals surface area contributed by atoms with Crippen LogP contribution >= 0.6 is 0 Å². The minimum Gasteiger partial charge on any atom is -0.384 e. The van der Waals surface area contributed by atoms with Crippen LogP contribution in [0.1, 0.15) is 21.5 Å². The van der Waals surface area contributed by atoms with Gasteiger partial charge in [0.15, 0.2) is 0 Å². The Labute approximate surface area is 128 Å². The average Bonchev–Trinajstić information content (AvgIpc) is 2.49. The standard InChI is InChI=1S/C16H17N3O3/c1-11-2-5-13(16(17)20)10-15(11)18-9-8-12-3-6-14(7-4-12)19(21)22/h2-7,10,18H,8-9H2,1H3,(H2,17,20). The van der Waals surface area contributed by atoms with Crippen molar-refractivity contribution in [1.29, 1.82) is 0 Å². The largest absolute Gasteiger partial charge is 0.384 e. The van der Waals surface area contributed by atoms with Gasteiger partial charge >= 0.3 is 0 Å². The van der Waals surface area contributed by atoms with E-state index in [0.29, 0.717) is 12.1 Å². The summed E-state index contributed by atoms with van der Waals surface area (Å²) in [4.78, 5) is 21.4. The molecule has 0 heterocycles. The van der Waals surface area contributed by atoms with E-state index in [1.165, 1.54) is 12.1 Å². The highest BCUT2D eigenvalue weighted by Crippen LogP contribution is 2.17. The van der Waals surface area contributed by atoms with Gasteiger partial charge in [0.05, 0.1) is 4.92 Å². The van der Waals surface area contributed by atoms with E-state index in [0.717, 1.165) is 23.2 Å². The van der Waals surface area contributed by atoms with Gasteiger partial charge in [0, 0.05) is 29.9 Å². The minimum absolute atomic E-state index is 0.0849. The monoisotopic (exact) mass is 299 g/mol.